The van der Waals surface area contributed by atoms with E-state index in [0.717, 1.165) is 0 Å². The molecule has 16 heavy (non-hydrogen) atoms. The van der Waals surface area contributed by atoms with Crippen molar-refractivity contribution in [3.05, 3.63) is 42.4 Å². The van der Waals surface area contributed by atoms with Crippen molar-refractivity contribution in [1.82, 2.24) is 15.2 Å². The molecule has 0 spiro atoms. The van der Waals surface area contributed by atoms with Gasteiger partial charge in [-0.25, -0.2) is 0 Å². The van der Waals surface area contributed by atoms with Crippen LogP contribution in [0.2, 0.25) is 0 Å². The highest BCUT2D eigenvalue weighted by Crippen LogP contribution is 2.05. The molecule has 2 rings (SSSR count). The quantitative estimate of drug-likeness (QED) is 0.769. The van der Waals surface area contributed by atoms with Crippen LogP contribution < -0.4 is 11.1 Å². The highest BCUT2D eigenvalue weighted by molar-refractivity contribution is 6.02. The van der Waals surface area contributed by atoms with Crippen LogP contribution in [0.4, 0.5) is 11.5 Å². The van der Waals surface area contributed by atoms with Crippen molar-refractivity contribution in [3.63, 3.8) is 0 Å². The van der Waals surface area contributed by atoms with Crippen LogP contribution in [0.5, 0.6) is 0 Å². The van der Waals surface area contributed by atoms with E-state index in [-0.39, 0.29) is 17.4 Å². The van der Waals surface area contributed by atoms with E-state index in [1.807, 2.05) is 0 Å². The fourth-order valence-corrected chi connectivity index (χ4v) is 1.10. The summed E-state index contributed by atoms with van der Waals surface area (Å²) in [7, 11) is 0. The van der Waals surface area contributed by atoms with E-state index in [1.165, 1.54) is 12.1 Å². The number of hydrogen-bond donors (Lipinski definition) is 2. The van der Waals surface area contributed by atoms with Crippen LogP contribution in [-0.4, -0.2) is 21.1 Å². The summed E-state index contributed by atoms with van der Waals surface area (Å²) in [5, 5.41) is 9.89. The van der Waals surface area contributed by atoms with Gasteiger partial charge < -0.3 is 11.1 Å². The van der Waals surface area contributed by atoms with Crippen molar-refractivity contribution in [2.24, 2.45) is 0 Å². The van der Waals surface area contributed by atoms with Crippen molar-refractivity contribution in [1.29, 1.82) is 0 Å². The number of nitrogen functional groups attached to an aromatic ring is 1. The monoisotopic (exact) mass is 215 g/mol. The molecular formula is C10H9N5O. The normalized spacial score (nSPS) is 9.75. The van der Waals surface area contributed by atoms with Gasteiger partial charge in [-0.2, -0.15) is 0 Å². The fraction of sp³-hybridized carbons (Fsp3) is 0. The van der Waals surface area contributed by atoms with Gasteiger partial charge in [0.25, 0.3) is 5.91 Å². The first-order chi connectivity index (χ1) is 7.75. The van der Waals surface area contributed by atoms with Crippen molar-refractivity contribution in [3.8, 4) is 0 Å². The summed E-state index contributed by atoms with van der Waals surface area (Å²) in [4.78, 5) is 15.5. The van der Waals surface area contributed by atoms with Crippen LogP contribution in [0, 0.1) is 0 Å². The largest absolute Gasteiger partial charge is 0.382 e. The van der Waals surface area contributed by atoms with E-state index in [0.29, 0.717) is 5.69 Å². The van der Waals surface area contributed by atoms with Gasteiger partial charge in [0.15, 0.2) is 5.69 Å². The molecule has 2 aromatic rings. The standard InChI is InChI=1S/C10H9N5O/c11-9-4-3-8(14-15-9)10(16)13-7-2-1-5-12-6-7/h1-6H,(H2,11,15)(H,13,16). The zero-order valence-electron chi connectivity index (χ0n) is 8.29. The highest BCUT2D eigenvalue weighted by Gasteiger charge is 2.07. The molecule has 2 heterocycles. The fourth-order valence-electron chi connectivity index (χ4n) is 1.10. The van der Waals surface area contributed by atoms with Crippen LogP contribution in [0.15, 0.2) is 36.7 Å². The van der Waals surface area contributed by atoms with Gasteiger partial charge in [-0.1, -0.05) is 0 Å². The Morgan fingerprint density at radius 2 is 2.12 bits per heavy atom. The highest BCUT2D eigenvalue weighted by atomic mass is 16.1. The third-order valence-corrected chi connectivity index (χ3v) is 1.84. The lowest BCUT2D eigenvalue weighted by molar-refractivity contribution is 0.102. The Hall–Kier alpha value is -2.50. The average Bonchev–Trinajstić information content (AvgIpc) is 2.31. The minimum atomic E-state index is -0.347. The van der Waals surface area contributed by atoms with Crippen molar-refractivity contribution in [2.75, 3.05) is 11.1 Å². The summed E-state index contributed by atoms with van der Waals surface area (Å²) in [6, 6.07) is 6.49. The van der Waals surface area contributed by atoms with Crippen molar-refractivity contribution < 1.29 is 4.79 Å². The van der Waals surface area contributed by atoms with Gasteiger partial charge in [-0.15, -0.1) is 10.2 Å². The predicted octanol–water partition coefficient (Wildman–Crippen LogP) is 0.706. The topological polar surface area (TPSA) is 93.8 Å². The van der Waals surface area contributed by atoms with E-state index in [9.17, 15) is 4.79 Å². The van der Waals surface area contributed by atoms with Crippen LogP contribution in [-0.2, 0) is 0 Å². The predicted molar refractivity (Wildman–Crippen MR) is 58.6 cm³/mol. The number of rotatable bonds is 2. The van der Waals surface area contributed by atoms with Crippen LogP contribution in [0.25, 0.3) is 0 Å². The summed E-state index contributed by atoms with van der Waals surface area (Å²) < 4.78 is 0. The van der Waals surface area contributed by atoms with Gasteiger partial charge in [0.05, 0.1) is 11.9 Å². The van der Waals surface area contributed by atoms with Crippen LogP contribution in [0.3, 0.4) is 0 Å². The first kappa shape index (κ1) is 10.0. The van der Waals surface area contributed by atoms with Crippen LogP contribution in [0.1, 0.15) is 10.5 Å². The number of amides is 1. The van der Waals surface area contributed by atoms with E-state index < -0.39 is 0 Å². The average molecular weight is 215 g/mol. The molecule has 2 aromatic heterocycles. The molecule has 0 saturated heterocycles. The van der Waals surface area contributed by atoms with Gasteiger partial charge >= 0.3 is 0 Å². The number of carbonyl (C=O) groups excluding carboxylic acids is 1. The van der Waals surface area contributed by atoms with Gasteiger partial charge in [0.2, 0.25) is 0 Å². The lowest BCUT2D eigenvalue weighted by atomic mass is 10.3. The molecule has 80 valence electrons. The van der Waals surface area contributed by atoms with E-state index in [2.05, 4.69) is 20.5 Å². The Kier molecular flexibility index (Phi) is 2.73. The lowest BCUT2D eigenvalue weighted by Crippen LogP contribution is -2.14. The summed E-state index contributed by atoms with van der Waals surface area (Å²) in [6.45, 7) is 0. The molecule has 1 amide bonds. The van der Waals surface area contributed by atoms with E-state index in [1.54, 1.807) is 24.5 Å². The Labute approximate surface area is 91.5 Å². The minimum absolute atomic E-state index is 0.207. The van der Waals surface area contributed by atoms with Gasteiger partial charge in [0.1, 0.15) is 5.82 Å². The second-order valence-electron chi connectivity index (χ2n) is 3.04. The molecule has 0 unspecified atom stereocenters. The third kappa shape index (κ3) is 2.30. The number of nitrogens with one attached hydrogen (secondary N) is 1. The number of nitrogens with zero attached hydrogens (tertiary/aromatic N) is 3. The molecule has 0 aromatic carbocycles. The zero-order chi connectivity index (χ0) is 11.4. The summed E-state index contributed by atoms with van der Waals surface area (Å²) in [6.07, 6.45) is 3.17. The first-order valence-electron chi connectivity index (χ1n) is 4.56. The minimum Gasteiger partial charge on any atom is -0.382 e. The van der Waals surface area contributed by atoms with Crippen molar-refractivity contribution in [2.45, 2.75) is 0 Å². The number of nitrogens with two attached hydrogens (primary N) is 1. The molecule has 0 saturated carbocycles. The number of hydrogen-bond acceptors (Lipinski definition) is 5. The molecule has 0 fully saturated rings. The van der Waals surface area contributed by atoms with E-state index in [4.69, 9.17) is 5.73 Å². The second-order valence-corrected chi connectivity index (χ2v) is 3.04. The molecule has 3 N–H and O–H groups in total. The van der Waals surface area contributed by atoms with Gasteiger partial charge in [0, 0.05) is 6.20 Å². The molecule has 0 bridgehead atoms. The molecule has 6 nitrogen and oxygen atoms in total. The Morgan fingerprint density at radius 3 is 2.75 bits per heavy atom. The maximum Gasteiger partial charge on any atom is 0.276 e. The smallest absolute Gasteiger partial charge is 0.276 e. The number of pyridine rings is 1. The van der Waals surface area contributed by atoms with E-state index >= 15 is 0 Å². The maximum absolute atomic E-state index is 11.6. The molecule has 6 heteroatoms. The Bertz CT molecular complexity index is 482. The van der Waals surface area contributed by atoms with Gasteiger partial charge in [-0.05, 0) is 24.3 Å². The maximum atomic E-state index is 11.6. The second kappa shape index (κ2) is 4.35. The van der Waals surface area contributed by atoms with Gasteiger partial charge in [-0.3, -0.25) is 9.78 Å². The molecular weight excluding hydrogens is 206 g/mol. The molecule has 0 aliphatic rings. The molecule has 0 radical (unpaired) electrons. The first-order valence-corrected chi connectivity index (χ1v) is 4.56. The number of anilines is 2. The molecule has 0 atom stereocenters. The summed E-state index contributed by atoms with van der Waals surface area (Å²) in [5.74, 6) is -0.0709. The third-order valence-electron chi connectivity index (χ3n) is 1.84. The Balaban J connectivity index is 2.12. The summed E-state index contributed by atoms with van der Waals surface area (Å²) >= 11 is 0. The summed E-state index contributed by atoms with van der Waals surface area (Å²) in [5.41, 5.74) is 6.17. The molecule has 0 aliphatic carbocycles. The number of aromatic nitrogens is 3. The SMILES string of the molecule is Nc1ccc(C(=O)Nc2cccnc2)nn1. The van der Waals surface area contributed by atoms with Crippen LogP contribution >= 0.6 is 0 Å². The number of carbonyl (C=O) groups is 1. The Morgan fingerprint density at radius 1 is 1.25 bits per heavy atom. The van der Waals surface area contributed by atoms with Crippen molar-refractivity contribution >= 4 is 17.4 Å². The zero-order valence-corrected chi connectivity index (χ0v) is 8.29. The lowest BCUT2D eigenvalue weighted by Gasteiger charge is -2.02. The molecule has 0 aliphatic heterocycles.